The van der Waals surface area contributed by atoms with Crippen LogP contribution in [0.3, 0.4) is 0 Å². The predicted molar refractivity (Wildman–Crippen MR) is 83.9 cm³/mol. The van der Waals surface area contributed by atoms with E-state index in [1.807, 2.05) is 0 Å². The minimum Gasteiger partial charge on any atom is -0.479 e. The highest BCUT2D eigenvalue weighted by molar-refractivity contribution is 5.85. The van der Waals surface area contributed by atoms with Crippen molar-refractivity contribution < 1.29 is 19.4 Å². The third-order valence-electron chi connectivity index (χ3n) is 2.90. The minimum atomic E-state index is -1.78. The first-order chi connectivity index (χ1) is 10.7. The maximum atomic E-state index is 12.0. The van der Waals surface area contributed by atoms with E-state index in [-0.39, 0.29) is 6.42 Å². The normalized spacial score (nSPS) is 13.3. The lowest BCUT2D eigenvalue weighted by molar-refractivity contribution is -0.144. The molecule has 0 saturated carbocycles. The number of alkyl carbamates (subject to hydrolysis) is 1. The van der Waals surface area contributed by atoms with Crippen LogP contribution in [0.1, 0.15) is 26.3 Å². The Morgan fingerprint density at radius 3 is 2.39 bits per heavy atom. The van der Waals surface area contributed by atoms with E-state index < -0.39 is 29.7 Å². The molecule has 1 aromatic carbocycles. The summed E-state index contributed by atoms with van der Waals surface area (Å²) in [6.07, 6.45) is -0.925. The number of nitrogens with zero attached hydrogens (tertiary/aromatic N) is 3. The van der Waals surface area contributed by atoms with E-state index in [4.69, 9.17) is 10.3 Å². The molecule has 0 spiro atoms. The molecule has 8 heteroatoms. The van der Waals surface area contributed by atoms with Crippen LogP contribution in [0.2, 0.25) is 0 Å². The molecule has 0 unspecified atom stereocenters. The van der Waals surface area contributed by atoms with E-state index in [0.29, 0.717) is 5.56 Å². The molecular weight excluding hydrogens is 300 g/mol. The van der Waals surface area contributed by atoms with Crippen molar-refractivity contribution in [3.63, 3.8) is 0 Å². The molecule has 1 aromatic rings. The molecular formula is C15H20N4O4. The number of hydrogen-bond acceptors (Lipinski definition) is 4. The number of rotatable bonds is 6. The largest absolute Gasteiger partial charge is 0.479 e. The number of nitrogens with one attached hydrogen (secondary N) is 1. The van der Waals surface area contributed by atoms with Gasteiger partial charge in [-0.3, -0.25) is 0 Å². The zero-order valence-corrected chi connectivity index (χ0v) is 13.3. The predicted octanol–water partition coefficient (Wildman–Crippen LogP) is 2.89. The van der Waals surface area contributed by atoms with Crippen molar-refractivity contribution in [3.05, 3.63) is 46.3 Å². The van der Waals surface area contributed by atoms with E-state index in [2.05, 4.69) is 15.3 Å². The van der Waals surface area contributed by atoms with E-state index in [1.54, 1.807) is 51.1 Å². The zero-order chi connectivity index (χ0) is 17.5. The van der Waals surface area contributed by atoms with Gasteiger partial charge in [0.1, 0.15) is 11.1 Å². The van der Waals surface area contributed by atoms with Gasteiger partial charge in [0.2, 0.25) is 0 Å². The number of carboxylic acids is 1. The molecule has 0 aliphatic rings. The summed E-state index contributed by atoms with van der Waals surface area (Å²) in [6.45, 7) is 4.56. The van der Waals surface area contributed by atoms with Crippen molar-refractivity contribution in [2.45, 2.75) is 38.3 Å². The van der Waals surface area contributed by atoms with Crippen LogP contribution < -0.4 is 5.32 Å². The first-order valence-corrected chi connectivity index (χ1v) is 6.98. The van der Waals surface area contributed by atoms with Crippen LogP contribution in [0.25, 0.3) is 10.4 Å². The lowest BCUT2D eigenvalue weighted by atomic mass is 9.91. The van der Waals surface area contributed by atoms with Gasteiger partial charge in [-0.1, -0.05) is 35.4 Å². The summed E-state index contributed by atoms with van der Waals surface area (Å²) in [4.78, 5) is 26.4. The third kappa shape index (κ3) is 5.88. The quantitative estimate of drug-likeness (QED) is 0.475. The van der Waals surface area contributed by atoms with E-state index in [0.717, 1.165) is 0 Å². The van der Waals surface area contributed by atoms with Crippen molar-refractivity contribution in [3.8, 4) is 0 Å². The Kier molecular flexibility index (Phi) is 5.98. The molecule has 0 aromatic heterocycles. The van der Waals surface area contributed by atoms with Crippen molar-refractivity contribution in [2.75, 3.05) is 6.54 Å². The minimum absolute atomic E-state index is 0.0402. The van der Waals surface area contributed by atoms with Crippen LogP contribution >= 0.6 is 0 Å². The maximum absolute atomic E-state index is 12.0. The van der Waals surface area contributed by atoms with Crippen molar-refractivity contribution in [2.24, 2.45) is 5.11 Å². The number of carbonyl (C=O) groups excluding carboxylic acids is 1. The van der Waals surface area contributed by atoms with Gasteiger partial charge >= 0.3 is 12.1 Å². The van der Waals surface area contributed by atoms with Gasteiger partial charge in [0.15, 0.2) is 0 Å². The van der Waals surface area contributed by atoms with Gasteiger partial charge in [0, 0.05) is 11.3 Å². The average molecular weight is 320 g/mol. The lowest BCUT2D eigenvalue weighted by Crippen LogP contribution is -2.59. The monoisotopic (exact) mass is 320 g/mol. The number of azide groups is 1. The van der Waals surface area contributed by atoms with Gasteiger partial charge < -0.3 is 15.2 Å². The first-order valence-electron chi connectivity index (χ1n) is 6.98. The average Bonchev–Trinajstić information content (AvgIpc) is 2.43. The van der Waals surface area contributed by atoms with Gasteiger partial charge in [-0.2, -0.15) is 0 Å². The third-order valence-corrected chi connectivity index (χ3v) is 2.90. The van der Waals surface area contributed by atoms with Gasteiger partial charge in [-0.25, -0.2) is 9.59 Å². The summed E-state index contributed by atoms with van der Waals surface area (Å²) in [5.74, 6) is -1.31. The van der Waals surface area contributed by atoms with Crippen LogP contribution in [0.4, 0.5) is 4.79 Å². The number of amides is 1. The van der Waals surface area contributed by atoms with Crippen LogP contribution in [0.15, 0.2) is 35.4 Å². The molecule has 0 aliphatic heterocycles. The van der Waals surface area contributed by atoms with Crippen LogP contribution in [0, 0.1) is 0 Å². The van der Waals surface area contributed by atoms with Crippen LogP contribution in [0.5, 0.6) is 0 Å². The number of aliphatic carboxylic acids is 1. The Bertz CT molecular complexity index is 606. The fraction of sp³-hybridized carbons (Fsp3) is 0.467. The molecule has 0 bridgehead atoms. The highest BCUT2D eigenvalue weighted by Gasteiger charge is 2.41. The summed E-state index contributed by atoms with van der Waals surface area (Å²) in [6, 6.07) is 8.75. The van der Waals surface area contributed by atoms with E-state index in [9.17, 15) is 14.7 Å². The highest BCUT2D eigenvalue weighted by atomic mass is 16.6. The summed E-state index contributed by atoms with van der Waals surface area (Å²) in [7, 11) is 0. The molecule has 1 atom stereocenters. The molecule has 0 heterocycles. The number of hydrogen-bond donors (Lipinski definition) is 2. The van der Waals surface area contributed by atoms with E-state index >= 15 is 0 Å². The fourth-order valence-electron chi connectivity index (χ4n) is 1.93. The molecule has 0 saturated heterocycles. The summed E-state index contributed by atoms with van der Waals surface area (Å²) in [5, 5.41) is 15.3. The van der Waals surface area contributed by atoms with Crippen molar-refractivity contribution >= 4 is 12.1 Å². The second-order valence-corrected chi connectivity index (χ2v) is 6.07. The van der Waals surface area contributed by atoms with Crippen LogP contribution in [-0.2, 0) is 16.0 Å². The fourth-order valence-corrected chi connectivity index (χ4v) is 1.93. The Labute approximate surface area is 134 Å². The standard InChI is InChI=1S/C15H20N4O4/c1-14(2,3)23-13(22)18-15(12(20)21,10-17-19-16)9-11-7-5-4-6-8-11/h4-8H,9-10H2,1-3H3,(H,18,22)(H,20,21)/t15-/m0/s1. The molecule has 8 nitrogen and oxygen atoms in total. The molecule has 0 fully saturated rings. The number of ether oxygens (including phenoxy) is 1. The Morgan fingerprint density at radius 2 is 1.91 bits per heavy atom. The molecule has 0 aliphatic carbocycles. The Hall–Kier alpha value is -2.73. The SMILES string of the molecule is CC(C)(C)OC(=O)N[C@](CN=[N+]=[N-])(Cc1ccccc1)C(=O)O. The lowest BCUT2D eigenvalue weighted by Gasteiger charge is -2.30. The topological polar surface area (TPSA) is 124 Å². The Balaban J connectivity index is 3.10. The molecule has 2 N–H and O–H groups in total. The number of carbonyl (C=O) groups is 2. The van der Waals surface area contributed by atoms with Gasteiger partial charge in [-0.15, -0.1) is 0 Å². The van der Waals surface area contributed by atoms with Crippen molar-refractivity contribution in [1.29, 1.82) is 0 Å². The van der Waals surface area contributed by atoms with E-state index in [1.165, 1.54) is 0 Å². The highest BCUT2D eigenvalue weighted by Crippen LogP contribution is 2.17. The van der Waals surface area contributed by atoms with Crippen LogP contribution in [-0.4, -0.2) is 34.9 Å². The second-order valence-electron chi connectivity index (χ2n) is 6.07. The van der Waals surface area contributed by atoms with Gasteiger partial charge in [0.05, 0.1) is 6.54 Å². The molecule has 0 radical (unpaired) electrons. The smallest absolute Gasteiger partial charge is 0.408 e. The summed E-state index contributed by atoms with van der Waals surface area (Å²) < 4.78 is 5.11. The Morgan fingerprint density at radius 1 is 1.30 bits per heavy atom. The van der Waals surface area contributed by atoms with Crippen molar-refractivity contribution in [1.82, 2.24) is 5.32 Å². The summed E-state index contributed by atoms with van der Waals surface area (Å²) >= 11 is 0. The zero-order valence-electron chi connectivity index (χ0n) is 13.3. The second kappa shape index (κ2) is 7.51. The van der Waals surface area contributed by atoms with Gasteiger partial charge in [0.25, 0.3) is 0 Å². The molecule has 124 valence electrons. The number of benzene rings is 1. The summed E-state index contributed by atoms with van der Waals surface area (Å²) in [5.41, 5.74) is 6.64. The molecule has 1 rings (SSSR count). The van der Waals surface area contributed by atoms with Gasteiger partial charge in [-0.05, 0) is 31.9 Å². The maximum Gasteiger partial charge on any atom is 0.408 e. The number of carboxylic acid groups (broad SMARTS) is 1. The molecule has 23 heavy (non-hydrogen) atoms. The molecule has 1 amide bonds. The first kappa shape index (κ1) is 18.3.